The molecule has 0 N–H and O–H groups in total. The number of esters is 1. The number of hydrogen-bond acceptors (Lipinski definition) is 4. The Kier molecular flexibility index (Phi) is 2.40. The van der Waals surface area contributed by atoms with Gasteiger partial charge in [-0.1, -0.05) is 12.1 Å². The smallest absolute Gasteiger partial charge is 0.338 e. The minimum atomic E-state index is -0.578. The molecule has 16 heavy (non-hydrogen) atoms. The largest absolute Gasteiger partial charge is 0.465 e. The van der Waals surface area contributed by atoms with Crippen LogP contribution in [-0.2, 0) is 9.53 Å². The maximum absolute atomic E-state index is 11.6. The van der Waals surface area contributed by atoms with Crippen LogP contribution in [0.3, 0.4) is 0 Å². The molecule has 1 aromatic carbocycles. The van der Waals surface area contributed by atoms with E-state index < -0.39 is 5.97 Å². The molecular weight excluding hydrogens is 208 g/mol. The van der Waals surface area contributed by atoms with Crippen molar-refractivity contribution in [2.45, 2.75) is 0 Å². The lowest BCUT2D eigenvalue weighted by molar-refractivity contribution is -0.133. The van der Waals surface area contributed by atoms with Gasteiger partial charge >= 0.3 is 5.97 Å². The third-order valence-electron chi connectivity index (χ3n) is 2.34. The maximum atomic E-state index is 11.6. The maximum Gasteiger partial charge on any atom is 0.338 e. The minimum Gasteiger partial charge on any atom is -0.465 e. The van der Waals surface area contributed by atoms with Gasteiger partial charge in [-0.15, -0.1) is 0 Å². The Hall–Kier alpha value is -2.23. The van der Waals surface area contributed by atoms with Crippen LogP contribution in [0.4, 0.5) is 0 Å². The van der Waals surface area contributed by atoms with Gasteiger partial charge in [-0.05, 0) is 12.1 Å². The molecule has 0 radical (unpaired) electrons. The molecule has 0 atom stereocenters. The highest BCUT2D eigenvalue weighted by Gasteiger charge is 2.25. The summed E-state index contributed by atoms with van der Waals surface area (Å²) in [4.78, 5) is 34.2. The Labute approximate surface area is 91.2 Å². The molecule has 2 rings (SSSR count). The molecule has 1 aliphatic carbocycles. The third kappa shape index (κ3) is 1.54. The summed E-state index contributed by atoms with van der Waals surface area (Å²) in [6, 6.07) is 5.63. The van der Waals surface area contributed by atoms with Gasteiger partial charge in [-0.3, -0.25) is 9.59 Å². The highest BCUT2D eigenvalue weighted by Crippen LogP contribution is 2.26. The van der Waals surface area contributed by atoms with Crippen LogP contribution in [0.25, 0.3) is 5.57 Å². The molecule has 4 heteroatoms. The molecule has 1 aliphatic rings. The number of ketones is 1. The average molecular weight is 216 g/mol. The van der Waals surface area contributed by atoms with Crippen molar-refractivity contribution in [1.82, 2.24) is 0 Å². The molecule has 0 fully saturated rings. The predicted molar refractivity (Wildman–Crippen MR) is 57.0 cm³/mol. The van der Waals surface area contributed by atoms with E-state index in [2.05, 4.69) is 4.74 Å². The number of allylic oxidation sites excluding steroid dienone is 1. The topological polar surface area (TPSA) is 60.4 Å². The zero-order valence-electron chi connectivity index (χ0n) is 8.52. The van der Waals surface area contributed by atoms with Gasteiger partial charge < -0.3 is 4.74 Å². The first kappa shape index (κ1) is 10.3. The monoisotopic (exact) mass is 216 g/mol. The molecule has 4 nitrogen and oxygen atoms in total. The van der Waals surface area contributed by atoms with Crippen molar-refractivity contribution < 1.29 is 14.3 Å². The van der Waals surface area contributed by atoms with Gasteiger partial charge in [0, 0.05) is 17.2 Å². The van der Waals surface area contributed by atoms with E-state index in [1.807, 2.05) is 0 Å². The summed E-state index contributed by atoms with van der Waals surface area (Å²) in [5.74, 6) is -0.922. The van der Waals surface area contributed by atoms with E-state index in [1.54, 1.807) is 6.07 Å². The first-order chi connectivity index (χ1) is 7.63. The summed E-state index contributed by atoms with van der Waals surface area (Å²) in [6.45, 7) is 0. The average Bonchev–Trinajstić information content (AvgIpc) is 2.47. The normalized spacial score (nSPS) is 13.1. The molecule has 1 aromatic rings. The second-order valence-corrected chi connectivity index (χ2v) is 3.31. The van der Waals surface area contributed by atoms with Crippen molar-refractivity contribution in [3.63, 3.8) is 0 Å². The molecule has 80 valence electrons. The number of hydrogen-bond donors (Lipinski definition) is 0. The molecule has 0 aliphatic heterocycles. The fourth-order valence-corrected chi connectivity index (χ4v) is 1.60. The van der Waals surface area contributed by atoms with Crippen molar-refractivity contribution >= 4 is 17.3 Å². The summed E-state index contributed by atoms with van der Waals surface area (Å²) in [7, 11) is 1.24. The highest BCUT2D eigenvalue weighted by molar-refractivity contribution is 6.30. The Balaban J connectivity index is 2.67. The number of ether oxygens (including phenoxy) is 1. The van der Waals surface area contributed by atoms with Crippen molar-refractivity contribution in [1.29, 1.82) is 0 Å². The third-order valence-corrected chi connectivity index (χ3v) is 2.34. The van der Waals surface area contributed by atoms with Crippen molar-refractivity contribution in [2.24, 2.45) is 0 Å². The molecule has 0 spiro atoms. The molecule has 0 amide bonds. The lowest BCUT2D eigenvalue weighted by atomic mass is 10.1. The molecular formula is C12H8O4. The fourth-order valence-electron chi connectivity index (χ4n) is 1.60. The first-order valence-electron chi connectivity index (χ1n) is 4.62. The van der Waals surface area contributed by atoms with Gasteiger partial charge in [0.25, 0.3) is 0 Å². The van der Waals surface area contributed by atoms with Crippen LogP contribution in [0.15, 0.2) is 35.1 Å². The molecule has 0 saturated carbocycles. The summed E-state index contributed by atoms with van der Waals surface area (Å²) in [5, 5.41) is 0. The minimum absolute atomic E-state index is 0.193. The molecule has 0 bridgehead atoms. The zero-order valence-corrected chi connectivity index (χ0v) is 8.52. The first-order valence-corrected chi connectivity index (χ1v) is 4.62. The second-order valence-electron chi connectivity index (χ2n) is 3.31. The van der Waals surface area contributed by atoms with E-state index in [0.29, 0.717) is 5.56 Å². The van der Waals surface area contributed by atoms with Crippen LogP contribution < -0.4 is 5.43 Å². The van der Waals surface area contributed by atoms with Gasteiger partial charge in [0.1, 0.15) is 0 Å². The standard InChI is InChI=1S/C12H8O4/c1-16-12(15)10-6-11(14)9-5-7(13)3-2-4-8(9)10/h2-6H,1H3. The van der Waals surface area contributed by atoms with E-state index in [1.165, 1.54) is 31.4 Å². The number of rotatable bonds is 1. The SMILES string of the molecule is COC(=O)C1=CC(=O)c2cc(=O)cccc21. The van der Waals surface area contributed by atoms with Crippen LogP contribution >= 0.6 is 0 Å². The second kappa shape index (κ2) is 3.73. The van der Waals surface area contributed by atoms with Crippen LogP contribution in [0, 0.1) is 0 Å². The summed E-state index contributed by atoms with van der Waals surface area (Å²) >= 11 is 0. The Morgan fingerprint density at radius 1 is 1.19 bits per heavy atom. The molecule has 0 heterocycles. The molecule has 0 unspecified atom stereocenters. The summed E-state index contributed by atoms with van der Waals surface area (Å²) in [6.07, 6.45) is 1.19. The molecule has 0 saturated heterocycles. The van der Waals surface area contributed by atoms with E-state index >= 15 is 0 Å². The van der Waals surface area contributed by atoms with Crippen LogP contribution in [0.5, 0.6) is 0 Å². The van der Waals surface area contributed by atoms with Crippen molar-refractivity contribution in [3.05, 3.63) is 51.7 Å². The van der Waals surface area contributed by atoms with E-state index in [4.69, 9.17) is 0 Å². The van der Waals surface area contributed by atoms with Crippen LogP contribution in [0.2, 0.25) is 0 Å². The van der Waals surface area contributed by atoms with E-state index in [0.717, 1.165) is 0 Å². The number of fused-ring (bicyclic) bond motifs is 1. The fraction of sp³-hybridized carbons (Fsp3) is 0.0833. The quantitative estimate of drug-likeness (QED) is 0.651. The van der Waals surface area contributed by atoms with Crippen LogP contribution in [0.1, 0.15) is 15.9 Å². The van der Waals surface area contributed by atoms with Crippen molar-refractivity contribution in [2.75, 3.05) is 7.11 Å². The van der Waals surface area contributed by atoms with Crippen LogP contribution in [-0.4, -0.2) is 18.9 Å². The number of carbonyl (C=O) groups excluding carboxylic acids is 2. The lowest BCUT2D eigenvalue weighted by Gasteiger charge is -1.99. The Morgan fingerprint density at radius 3 is 2.62 bits per heavy atom. The Morgan fingerprint density at radius 2 is 1.94 bits per heavy atom. The van der Waals surface area contributed by atoms with Gasteiger partial charge in [-0.25, -0.2) is 4.79 Å². The predicted octanol–water partition coefficient (Wildman–Crippen LogP) is 0.799. The van der Waals surface area contributed by atoms with Gasteiger partial charge in [0.2, 0.25) is 0 Å². The van der Waals surface area contributed by atoms with Gasteiger partial charge in [0.15, 0.2) is 11.2 Å². The number of methoxy groups -OCH3 is 1. The summed E-state index contributed by atoms with van der Waals surface area (Å²) in [5.41, 5.74) is 0.613. The zero-order chi connectivity index (χ0) is 11.7. The summed E-state index contributed by atoms with van der Waals surface area (Å²) < 4.78 is 4.56. The number of carbonyl (C=O) groups is 2. The highest BCUT2D eigenvalue weighted by atomic mass is 16.5. The Bertz CT molecular complexity index is 569. The molecule has 0 aromatic heterocycles. The van der Waals surface area contributed by atoms with Gasteiger partial charge in [0.05, 0.1) is 12.7 Å². The van der Waals surface area contributed by atoms with Crippen molar-refractivity contribution in [3.8, 4) is 0 Å². The van der Waals surface area contributed by atoms with E-state index in [9.17, 15) is 14.4 Å². The lowest BCUT2D eigenvalue weighted by Crippen LogP contribution is -2.01. The van der Waals surface area contributed by atoms with Gasteiger partial charge in [-0.2, -0.15) is 0 Å². The van der Waals surface area contributed by atoms with E-state index in [-0.39, 0.29) is 22.3 Å².